The highest BCUT2D eigenvalue weighted by molar-refractivity contribution is 5.90. The van der Waals surface area contributed by atoms with Crippen molar-refractivity contribution in [3.05, 3.63) is 28.8 Å². The maximum absolute atomic E-state index is 11.4. The first-order valence-corrected chi connectivity index (χ1v) is 5.38. The molecule has 0 aromatic heterocycles. The molecule has 0 aliphatic carbocycles. The molecule has 2 amide bonds. The van der Waals surface area contributed by atoms with Gasteiger partial charge < -0.3 is 10.4 Å². The smallest absolute Gasteiger partial charge is 0.343 e. The molecule has 0 aliphatic rings. The van der Waals surface area contributed by atoms with Crippen molar-refractivity contribution in [3.8, 4) is 0 Å². The largest absolute Gasteiger partial charge is 0.479 e. The number of hydroxylamine groups is 1. The lowest BCUT2D eigenvalue weighted by Crippen LogP contribution is -2.31. The fourth-order valence-electron chi connectivity index (χ4n) is 1.68. The van der Waals surface area contributed by atoms with Gasteiger partial charge in [-0.15, -0.1) is 0 Å². The minimum absolute atomic E-state index is 0.584. The van der Waals surface area contributed by atoms with Crippen molar-refractivity contribution < 1.29 is 19.5 Å². The van der Waals surface area contributed by atoms with Crippen LogP contribution in [0.4, 0.5) is 10.5 Å². The zero-order chi connectivity index (χ0) is 13.7. The summed E-state index contributed by atoms with van der Waals surface area (Å²) in [5, 5.41) is 10.9. The summed E-state index contributed by atoms with van der Waals surface area (Å²) in [5.74, 6) is -1.15. The number of aryl methyl sites for hydroxylation is 3. The van der Waals surface area contributed by atoms with Crippen molar-refractivity contribution in [1.29, 1.82) is 0 Å². The Morgan fingerprint density at radius 2 is 1.78 bits per heavy atom. The standard InChI is InChI=1S/C12H16N2O4/c1-7-4-8(2)11(9(3)5-7)13-12(17)14-18-6-10(15)16/h4-5H,6H2,1-3H3,(H,15,16)(H2,13,14,17). The summed E-state index contributed by atoms with van der Waals surface area (Å²) in [7, 11) is 0. The minimum Gasteiger partial charge on any atom is -0.479 e. The van der Waals surface area contributed by atoms with Gasteiger partial charge in [-0.25, -0.2) is 15.1 Å². The van der Waals surface area contributed by atoms with Gasteiger partial charge in [0, 0.05) is 5.69 Å². The predicted octanol–water partition coefficient (Wildman–Crippen LogP) is 1.75. The van der Waals surface area contributed by atoms with Crippen LogP contribution in [0.3, 0.4) is 0 Å². The van der Waals surface area contributed by atoms with Crippen molar-refractivity contribution in [2.45, 2.75) is 20.8 Å². The fourth-order valence-corrected chi connectivity index (χ4v) is 1.68. The average molecular weight is 252 g/mol. The Balaban J connectivity index is 2.62. The Bertz CT molecular complexity index is 448. The van der Waals surface area contributed by atoms with E-state index < -0.39 is 18.6 Å². The summed E-state index contributed by atoms with van der Waals surface area (Å²) in [6.45, 7) is 5.15. The molecule has 0 radical (unpaired) electrons. The highest BCUT2D eigenvalue weighted by atomic mass is 16.7. The van der Waals surface area contributed by atoms with Gasteiger partial charge in [-0.2, -0.15) is 0 Å². The molecule has 1 aromatic carbocycles. The number of amides is 2. The molecule has 3 N–H and O–H groups in total. The summed E-state index contributed by atoms with van der Waals surface area (Å²) >= 11 is 0. The van der Waals surface area contributed by atoms with Crippen molar-refractivity contribution in [3.63, 3.8) is 0 Å². The highest BCUT2D eigenvalue weighted by Crippen LogP contribution is 2.21. The zero-order valence-electron chi connectivity index (χ0n) is 10.5. The number of anilines is 1. The summed E-state index contributed by atoms with van der Waals surface area (Å²) in [6, 6.07) is 3.29. The number of nitrogens with one attached hydrogen (secondary N) is 2. The number of rotatable bonds is 4. The number of carboxylic acids is 1. The van der Waals surface area contributed by atoms with Crippen molar-refractivity contribution in [1.82, 2.24) is 5.48 Å². The number of aliphatic carboxylic acids is 1. The van der Waals surface area contributed by atoms with E-state index in [1.807, 2.05) is 38.4 Å². The highest BCUT2D eigenvalue weighted by Gasteiger charge is 2.08. The topological polar surface area (TPSA) is 87.7 Å². The van der Waals surface area contributed by atoms with Crippen LogP contribution in [0, 0.1) is 20.8 Å². The normalized spacial score (nSPS) is 9.94. The predicted molar refractivity (Wildman–Crippen MR) is 66.4 cm³/mol. The minimum atomic E-state index is -1.15. The molecule has 0 spiro atoms. The van der Waals surface area contributed by atoms with Crippen LogP contribution in [0.1, 0.15) is 16.7 Å². The average Bonchev–Trinajstić information content (AvgIpc) is 2.22. The Hall–Kier alpha value is -2.08. The van der Waals surface area contributed by atoms with Gasteiger partial charge in [0.2, 0.25) is 0 Å². The van der Waals surface area contributed by atoms with Crippen LogP contribution < -0.4 is 10.8 Å². The molecule has 0 fully saturated rings. The van der Waals surface area contributed by atoms with E-state index in [0.717, 1.165) is 16.7 Å². The van der Waals surface area contributed by atoms with Crippen molar-refractivity contribution >= 4 is 17.7 Å². The summed E-state index contributed by atoms with van der Waals surface area (Å²) < 4.78 is 0. The third-order valence-corrected chi connectivity index (χ3v) is 2.28. The maximum atomic E-state index is 11.4. The van der Waals surface area contributed by atoms with Gasteiger partial charge in [0.25, 0.3) is 0 Å². The molecule has 0 aliphatic heterocycles. The molecule has 1 rings (SSSR count). The molecule has 1 aromatic rings. The summed E-state index contributed by atoms with van der Waals surface area (Å²) in [4.78, 5) is 26.1. The molecule has 0 unspecified atom stereocenters. The first-order valence-electron chi connectivity index (χ1n) is 5.38. The van der Waals surface area contributed by atoms with Gasteiger partial charge in [-0.05, 0) is 31.9 Å². The van der Waals surface area contributed by atoms with E-state index in [-0.39, 0.29) is 0 Å². The molecule has 0 saturated heterocycles. The first-order chi connectivity index (χ1) is 8.40. The Labute approximate surface area is 105 Å². The Morgan fingerprint density at radius 1 is 1.22 bits per heavy atom. The molecule has 0 atom stereocenters. The van der Waals surface area contributed by atoms with E-state index in [1.54, 1.807) is 0 Å². The molecule has 98 valence electrons. The van der Waals surface area contributed by atoms with Crippen molar-refractivity contribution in [2.75, 3.05) is 11.9 Å². The lowest BCUT2D eigenvalue weighted by atomic mass is 10.1. The first kappa shape index (κ1) is 14.0. The number of hydrogen-bond donors (Lipinski definition) is 3. The number of carbonyl (C=O) groups is 2. The number of carboxylic acid groups (broad SMARTS) is 1. The van der Waals surface area contributed by atoms with E-state index in [2.05, 4.69) is 10.2 Å². The second kappa shape index (κ2) is 6.02. The van der Waals surface area contributed by atoms with Gasteiger partial charge in [0.05, 0.1) is 0 Å². The molecular weight excluding hydrogens is 236 g/mol. The molecule has 18 heavy (non-hydrogen) atoms. The third-order valence-electron chi connectivity index (χ3n) is 2.28. The monoisotopic (exact) mass is 252 g/mol. The van der Waals surface area contributed by atoms with E-state index in [9.17, 15) is 9.59 Å². The molecule has 0 bridgehead atoms. The van der Waals surface area contributed by atoms with Crippen LogP contribution in [0.25, 0.3) is 0 Å². The second-order valence-electron chi connectivity index (χ2n) is 4.01. The van der Waals surface area contributed by atoms with Gasteiger partial charge in [0.15, 0.2) is 6.61 Å². The fraction of sp³-hybridized carbons (Fsp3) is 0.333. The van der Waals surface area contributed by atoms with Crippen LogP contribution in [0.2, 0.25) is 0 Å². The zero-order valence-corrected chi connectivity index (χ0v) is 10.5. The molecule has 0 saturated carbocycles. The number of carbonyl (C=O) groups excluding carboxylic acids is 1. The van der Waals surface area contributed by atoms with E-state index in [0.29, 0.717) is 5.69 Å². The lowest BCUT2D eigenvalue weighted by Gasteiger charge is -2.13. The number of benzene rings is 1. The van der Waals surface area contributed by atoms with Crippen LogP contribution in [-0.4, -0.2) is 23.7 Å². The SMILES string of the molecule is Cc1cc(C)c(NC(=O)NOCC(=O)O)c(C)c1. The van der Waals surface area contributed by atoms with Gasteiger partial charge >= 0.3 is 12.0 Å². The Kier molecular flexibility index (Phi) is 4.67. The number of urea groups is 1. The van der Waals surface area contributed by atoms with Crippen LogP contribution in [0.15, 0.2) is 12.1 Å². The molecule has 6 nitrogen and oxygen atoms in total. The van der Waals surface area contributed by atoms with Gasteiger partial charge in [0.1, 0.15) is 0 Å². The van der Waals surface area contributed by atoms with Gasteiger partial charge in [-0.1, -0.05) is 17.7 Å². The Morgan fingerprint density at radius 3 is 2.28 bits per heavy atom. The van der Waals surface area contributed by atoms with Crippen molar-refractivity contribution in [2.24, 2.45) is 0 Å². The molecule has 6 heteroatoms. The lowest BCUT2D eigenvalue weighted by molar-refractivity contribution is -0.143. The molecular formula is C12H16N2O4. The van der Waals surface area contributed by atoms with E-state index in [1.165, 1.54) is 0 Å². The summed E-state index contributed by atoms with van der Waals surface area (Å²) in [5.41, 5.74) is 5.66. The van der Waals surface area contributed by atoms with E-state index in [4.69, 9.17) is 5.11 Å². The maximum Gasteiger partial charge on any atom is 0.343 e. The van der Waals surface area contributed by atoms with Gasteiger partial charge in [-0.3, -0.25) is 4.84 Å². The number of hydrogen-bond acceptors (Lipinski definition) is 3. The van der Waals surface area contributed by atoms with E-state index >= 15 is 0 Å². The summed E-state index contributed by atoms with van der Waals surface area (Å²) in [6.07, 6.45) is 0. The van der Waals surface area contributed by atoms with Crippen LogP contribution in [-0.2, 0) is 9.63 Å². The quantitative estimate of drug-likeness (QED) is 0.712. The van der Waals surface area contributed by atoms with Crippen LogP contribution >= 0.6 is 0 Å². The third kappa shape index (κ3) is 4.06. The molecule has 0 heterocycles. The van der Waals surface area contributed by atoms with Crippen LogP contribution in [0.5, 0.6) is 0 Å². The second-order valence-corrected chi connectivity index (χ2v) is 4.01.